The first-order chi connectivity index (χ1) is 8.66. The van der Waals surface area contributed by atoms with Crippen LogP contribution in [0, 0.1) is 0 Å². The molecule has 3 N–H and O–H groups in total. The number of phenolic OH excluding ortho intramolecular Hbond substituents is 1. The molecule has 0 bridgehead atoms. The number of piperazine rings is 1. The van der Waals surface area contributed by atoms with Crippen molar-refractivity contribution in [1.29, 1.82) is 0 Å². The summed E-state index contributed by atoms with van der Waals surface area (Å²) in [4.78, 5) is 13.5. The molecular formula is C13H18N2O3. The van der Waals surface area contributed by atoms with E-state index in [2.05, 4.69) is 10.2 Å². The minimum atomic E-state index is -0.820. The van der Waals surface area contributed by atoms with Crippen LogP contribution in [0.2, 0.25) is 0 Å². The summed E-state index contributed by atoms with van der Waals surface area (Å²) in [5.41, 5.74) is 0.735. The lowest BCUT2D eigenvalue weighted by atomic mass is 9.98. The van der Waals surface area contributed by atoms with Crippen molar-refractivity contribution in [2.75, 3.05) is 32.7 Å². The van der Waals surface area contributed by atoms with Crippen molar-refractivity contribution in [3.05, 3.63) is 29.8 Å². The molecule has 5 nitrogen and oxygen atoms in total. The normalized spacial score (nSPS) is 18.4. The molecule has 1 aromatic rings. The molecule has 1 aliphatic rings. The molecule has 5 heteroatoms. The van der Waals surface area contributed by atoms with Gasteiger partial charge in [0.1, 0.15) is 5.75 Å². The second kappa shape index (κ2) is 5.84. The molecule has 0 radical (unpaired) electrons. The number of rotatable bonds is 4. The fraction of sp³-hybridized carbons (Fsp3) is 0.462. The van der Waals surface area contributed by atoms with E-state index in [-0.39, 0.29) is 5.75 Å². The van der Waals surface area contributed by atoms with Crippen LogP contribution in [0.25, 0.3) is 0 Å². The van der Waals surface area contributed by atoms with E-state index in [4.69, 9.17) is 0 Å². The third-order valence-electron chi connectivity index (χ3n) is 3.24. The van der Waals surface area contributed by atoms with E-state index in [1.54, 1.807) is 12.1 Å². The van der Waals surface area contributed by atoms with Gasteiger partial charge in [0.05, 0.1) is 5.92 Å². The van der Waals surface area contributed by atoms with Gasteiger partial charge in [0.15, 0.2) is 0 Å². The van der Waals surface area contributed by atoms with Gasteiger partial charge >= 0.3 is 5.97 Å². The fourth-order valence-electron chi connectivity index (χ4n) is 2.18. The number of carboxylic acids is 1. The van der Waals surface area contributed by atoms with Crippen molar-refractivity contribution < 1.29 is 15.0 Å². The number of aromatic hydroxyl groups is 1. The van der Waals surface area contributed by atoms with Crippen LogP contribution in [0.1, 0.15) is 11.5 Å². The van der Waals surface area contributed by atoms with Crippen molar-refractivity contribution in [3.8, 4) is 5.75 Å². The average molecular weight is 250 g/mol. The molecule has 18 heavy (non-hydrogen) atoms. The molecule has 1 fully saturated rings. The molecule has 1 unspecified atom stereocenters. The number of carbonyl (C=O) groups is 1. The Bertz CT molecular complexity index is 399. The molecule has 0 aliphatic carbocycles. The highest BCUT2D eigenvalue weighted by Crippen LogP contribution is 2.20. The first-order valence-electron chi connectivity index (χ1n) is 6.11. The second-order valence-electron chi connectivity index (χ2n) is 4.53. The summed E-state index contributed by atoms with van der Waals surface area (Å²) >= 11 is 0. The average Bonchev–Trinajstić information content (AvgIpc) is 2.38. The Morgan fingerprint density at radius 2 is 1.89 bits per heavy atom. The number of hydrogen-bond donors (Lipinski definition) is 3. The van der Waals surface area contributed by atoms with Crippen LogP contribution in [0.15, 0.2) is 24.3 Å². The summed E-state index contributed by atoms with van der Waals surface area (Å²) in [7, 11) is 0. The molecule has 0 saturated carbocycles. The molecule has 1 atom stereocenters. The predicted molar refractivity (Wildman–Crippen MR) is 67.8 cm³/mol. The summed E-state index contributed by atoms with van der Waals surface area (Å²) in [6.07, 6.45) is 0. The van der Waals surface area contributed by atoms with Gasteiger partial charge in [-0.2, -0.15) is 0 Å². The van der Waals surface area contributed by atoms with Crippen LogP contribution in [-0.4, -0.2) is 53.8 Å². The van der Waals surface area contributed by atoms with Crippen LogP contribution < -0.4 is 5.32 Å². The largest absolute Gasteiger partial charge is 0.508 e. The quantitative estimate of drug-likeness (QED) is 0.724. The maximum absolute atomic E-state index is 11.4. The van der Waals surface area contributed by atoms with E-state index in [0.29, 0.717) is 6.54 Å². The zero-order valence-electron chi connectivity index (χ0n) is 10.2. The molecule has 0 amide bonds. The highest BCUT2D eigenvalue weighted by Gasteiger charge is 2.23. The van der Waals surface area contributed by atoms with Gasteiger partial charge in [-0.25, -0.2) is 0 Å². The Morgan fingerprint density at radius 1 is 1.28 bits per heavy atom. The highest BCUT2D eigenvalue weighted by atomic mass is 16.4. The number of hydrogen-bond acceptors (Lipinski definition) is 4. The Labute approximate surface area is 106 Å². The summed E-state index contributed by atoms with van der Waals surface area (Å²) in [5, 5.41) is 21.8. The smallest absolute Gasteiger partial charge is 0.312 e. The molecule has 1 aliphatic heterocycles. The zero-order chi connectivity index (χ0) is 13.0. The number of carboxylic acid groups (broad SMARTS) is 1. The lowest BCUT2D eigenvalue weighted by molar-refractivity contribution is -0.139. The number of benzene rings is 1. The molecule has 1 aromatic carbocycles. The van der Waals surface area contributed by atoms with Gasteiger partial charge in [0.25, 0.3) is 0 Å². The molecular weight excluding hydrogens is 232 g/mol. The fourth-order valence-corrected chi connectivity index (χ4v) is 2.18. The van der Waals surface area contributed by atoms with Gasteiger partial charge in [0.2, 0.25) is 0 Å². The van der Waals surface area contributed by atoms with Gasteiger partial charge < -0.3 is 15.5 Å². The molecule has 1 saturated heterocycles. The van der Waals surface area contributed by atoms with E-state index in [9.17, 15) is 15.0 Å². The third kappa shape index (κ3) is 3.21. The Hall–Kier alpha value is -1.59. The van der Waals surface area contributed by atoms with Crippen molar-refractivity contribution in [3.63, 3.8) is 0 Å². The molecule has 2 rings (SSSR count). The second-order valence-corrected chi connectivity index (χ2v) is 4.53. The van der Waals surface area contributed by atoms with E-state index in [0.717, 1.165) is 31.7 Å². The number of nitrogens with zero attached hydrogens (tertiary/aromatic N) is 1. The molecule has 0 aromatic heterocycles. The molecule has 1 heterocycles. The van der Waals surface area contributed by atoms with Gasteiger partial charge in [-0.3, -0.25) is 9.69 Å². The maximum atomic E-state index is 11.4. The minimum Gasteiger partial charge on any atom is -0.508 e. The lowest BCUT2D eigenvalue weighted by Gasteiger charge is -2.29. The minimum absolute atomic E-state index is 0.157. The van der Waals surface area contributed by atoms with Crippen LogP contribution >= 0.6 is 0 Å². The molecule has 98 valence electrons. The number of phenols is 1. The summed E-state index contributed by atoms with van der Waals surface area (Å²) < 4.78 is 0. The van der Waals surface area contributed by atoms with Crippen molar-refractivity contribution in [1.82, 2.24) is 10.2 Å². The van der Waals surface area contributed by atoms with Gasteiger partial charge in [-0.15, -0.1) is 0 Å². The van der Waals surface area contributed by atoms with E-state index in [1.807, 2.05) is 0 Å². The first-order valence-corrected chi connectivity index (χ1v) is 6.11. The van der Waals surface area contributed by atoms with Crippen LogP contribution in [-0.2, 0) is 4.79 Å². The zero-order valence-corrected chi connectivity index (χ0v) is 10.2. The monoisotopic (exact) mass is 250 g/mol. The highest BCUT2D eigenvalue weighted by molar-refractivity contribution is 5.76. The third-order valence-corrected chi connectivity index (χ3v) is 3.24. The van der Waals surface area contributed by atoms with E-state index in [1.165, 1.54) is 12.1 Å². The van der Waals surface area contributed by atoms with Crippen LogP contribution in [0.3, 0.4) is 0 Å². The topological polar surface area (TPSA) is 72.8 Å². The SMILES string of the molecule is O=C(O)C(CN1CCNCC1)c1ccc(O)cc1. The standard InChI is InChI=1S/C13H18N2O3/c16-11-3-1-10(2-4-11)12(13(17)18)9-15-7-5-14-6-8-15/h1-4,12,14,16H,5-9H2,(H,17,18). The summed E-state index contributed by atoms with van der Waals surface area (Å²) in [6.45, 7) is 4.08. The summed E-state index contributed by atoms with van der Waals surface area (Å²) in [6, 6.07) is 6.42. The molecule has 0 spiro atoms. The lowest BCUT2D eigenvalue weighted by Crippen LogP contribution is -2.45. The first kappa shape index (κ1) is 12.9. The number of nitrogens with one attached hydrogen (secondary N) is 1. The van der Waals surface area contributed by atoms with Crippen molar-refractivity contribution >= 4 is 5.97 Å². The van der Waals surface area contributed by atoms with Crippen LogP contribution in [0.5, 0.6) is 5.75 Å². The van der Waals surface area contributed by atoms with Crippen LogP contribution in [0.4, 0.5) is 0 Å². The van der Waals surface area contributed by atoms with Gasteiger partial charge in [0, 0.05) is 32.7 Å². The predicted octanol–water partition coefficient (Wildman–Crippen LogP) is 0.466. The Balaban J connectivity index is 2.07. The van der Waals surface area contributed by atoms with Gasteiger partial charge in [-0.1, -0.05) is 12.1 Å². The van der Waals surface area contributed by atoms with Gasteiger partial charge in [-0.05, 0) is 17.7 Å². The maximum Gasteiger partial charge on any atom is 0.312 e. The summed E-state index contributed by atoms with van der Waals surface area (Å²) in [5.74, 6) is -1.20. The number of aliphatic carboxylic acids is 1. The van der Waals surface area contributed by atoms with Crippen molar-refractivity contribution in [2.45, 2.75) is 5.92 Å². The van der Waals surface area contributed by atoms with Crippen molar-refractivity contribution in [2.24, 2.45) is 0 Å². The van der Waals surface area contributed by atoms with E-state index >= 15 is 0 Å². The van der Waals surface area contributed by atoms with E-state index < -0.39 is 11.9 Å². The Morgan fingerprint density at radius 3 is 2.44 bits per heavy atom. The Kier molecular flexibility index (Phi) is 4.17.